The van der Waals surface area contributed by atoms with Gasteiger partial charge in [0, 0.05) is 5.92 Å². The second-order valence-electron chi connectivity index (χ2n) is 6.15. The summed E-state index contributed by atoms with van der Waals surface area (Å²) in [6.45, 7) is 4.34. The van der Waals surface area contributed by atoms with Crippen molar-refractivity contribution in [3.05, 3.63) is 28.6 Å². The minimum atomic E-state index is -0.349. The number of rotatable bonds is 4. The van der Waals surface area contributed by atoms with Gasteiger partial charge in [-0.2, -0.15) is 4.99 Å². The van der Waals surface area contributed by atoms with E-state index in [4.69, 9.17) is 4.74 Å². The van der Waals surface area contributed by atoms with Gasteiger partial charge in [-0.1, -0.05) is 31.3 Å². The Morgan fingerprint density at radius 3 is 2.74 bits per heavy atom. The Bertz CT molecular complexity index is 828. The second kappa shape index (κ2) is 6.28. The summed E-state index contributed by atoms with van der Waals surface area (Å²) in [4.78, 5) is 28.6. The third-order valence-electron chi connectivity index (χ3n) is 4.02. The minimum absolute atomic E-state index is 0.0638. The van der Waals surface area contributed by atoms with Crippen LogP contribution >= 0.6 is 11.3 Å². The molecule has 3 rings (SSSR count). The zero-order valence-corrected chi connectivity index (χ0v) is 14.4. The minimum Gasteiger partial charge on any atom is -0.468 e. The van der Waals surface area contributed by atoms with Crippen molar-refractivity contribution in [3.8, 4) is 0 Å². The van der Waals surface area contributed by atoms with E-state index in [1.807, 2.05) is 6.07 Å². The van der Waals surface area contributed by atoms with Gasteiger partial charge in [0.2, 0.25) is 0 Å². The van der Waals surface area contributed by atoms with Crippen LogP contribution in [0.3, 0.4) is 0 Å². The molecular weight excluding hydrogens is 312 g/mol. The first-order valence-corrected chi connectivity index (χ1v) is 8.60. The quantitative estimate of drug-likeness (QED) is 0.809. The zero-order chi connectivity index (χ0) is 16.6. The zero-order valence-electron chi connectivity index (χ0n) is 13.5. The van der Waals surface area contributed by atoms with Crippen LogP contribution in [0.15, 0.2) is 23.2 Å². The lowest BCUT2D eigenvalue weighted by Crippen LogP contribution is -2.22. The molecule has 2 aromatic rings. The topological polar surface area (TPSA) is 60.7 Å². The number of aromatic nitrogens is 1. The van der Waals surface area contributed by atoms with Crippen molar-refractivity contribution in [3.63, 3.8) is 0 Å². The number of amides is 1. The molecule has 23 heavy (non-hydrogen) atoms. The summed E-state index contributed by atoms with van der Waals surface area (Å²) in [5.41, 5.74) is 2.14. The average Bonchev–Trinajstić information content (AvgIpc) is 3.32. The van der Waals surface area contributed by atoms with Crippen molar-refractivity contribution in [2.75, 3.05) is 7.11 Å². The fraction of sp³-hybridized carbons (Fsp3) is 0.471. The summed E-state index contributed by atoms with van der Waals surface area (Å²) in [6.07, 6.45) is 1.84. The molecule has 0 aliphatic heterocycles. The van der Waals surface area contributed by atoms with Gasteiger partial charge in [0.1, 0.15) is 6.54 Å². The van der Waals surface area contributed by atoms with Crippen LogP contribution in [0.25, 0.3) is 10.2 Å². The standard InChI is InChI=1S/C17H20N2O3S/c1-10(2)12-6-7-13-14(8-12)23-17(18-16(21)11-4-5-11)19(13)9-15(20)22-3/h6-8,10-11H,4-5,9H2,1-3H3. The highest BCUT2D eigenvalue weighted by Crippen LogP contribution is 2.30. The van der Waals surface area contributed by atoms with E-state index in [1.165, 1.54) is 24.0 Å². The molecule has 1 saturated carbocycles. The molecule has 1 aromatic carbocycles. The average molecular weight is 332 g/mol. The molecular formula is C17H20N2O3S. The summed E-state index contributed by atoms with van der Waals surface area (Å²) in [6, 6.07) is 6.16. The van der Waals surface area contributed by atoms with Gasteiger partial charge in [-0.15, -0.1) is 0 Å². The van der Waals surface area contributed by atoms with Crippen LogP contribution in [-0.2, 0) is 20.9 Å². The van der Waals surface area contributed by atoms with Crippen LogP contribution in [-0.4, -0.2) is 23.6 Å². The van der Waals surface area contributed by atoms with E-state index in [2.05, 4.69) is 31.0 Å². The number of carbonyl (C=O) groups excluding carboxylic acids is 2. The predicted molar refractivity (Wildman–Crippen MR) is 89.2 cm³/mol. The van der Waals surface area contributed by atoms with Crippen LogP contribution < -0.4 is 4.80 Å². The summed E-state index contributed by atoms with van der Waals surface area (Å²) in [5.74, 6) is 0.0549. The van der Waals surface area contributed by atoms with E-state index >= 15 is 0 Å². The van der Waals surface area contributed by atoms with Gasteiger partial charge in [-0.25, -0.2) is 0 Å². The molecule has 1 heterocycles. The highest BCUT2D eigenvalue weighted by molar-refractivity contribution is 7.16. The highest BCUT2D eigenvalue weighted by Gasteiger charge is 2.29. The summed E-state index contributed by atoms with van der Waals surface area (Å²) >= 11 is 1.45. The molecule has 1 aliphatic carbocycles. The van der Waals surface area contributed by atoms with Crippen LogP contribution in [0.1, 0.15) is 38.2 Å². The second-order valence-corrected chi connectivity index (χ2v) is 7.16. The Morgan fingerprint density at radius 1 is 1.39 bits per heavy atom. The largest absolute Gasteiger partial charge is 0.468 e. The van der Waals surface area contributed by atoms with E-state index in [0.717, 1.165) is 23.1 Å². The van der Waals surface area contributed by atoms with Crippen LogP contribution in [0.2, 0.25) is 0 Å². The number of thiazole rings is 1. The van der Waals surface area contributed by atoms with E-state index < -0.39 is 0 Å². The third kappa shape index (κ3) is 3.37. The molecule has 5 nitrogen and oxygen atoms in total. The normalized spacial score (nSPS) is 15.4. The van der Waals surface area contributed by atoms with Crippen molar-refractivity contribution in [1.29, 1.82) is 0 Å². The van der Waals surface area contributed by atoms with Crippen molar-refractivity contribution >= 4 is 33.4 Å². The Morgan fingerprint density at radius 2 is 2.13 bits per heavy atom. The SMILES string of the molecule is COC(=O)Cn1c(=NC(=O)C2CC2)sc2cc(C(C)C)ccc21. The molecule has 1 fully saturated rings. The Labute approximate surface area is 138 Å². The summed E-state index contributed by atoms with van der Waals surface area (Å²) in [7, 11) is 1.36. The van der Waals surface area contributed by atoms with Gasteiger partial charge in [0.05, 0.1) is 17.3 Å². The molecule has 0 atom stereocenters. The first kappa shape index (κ1) is 15.9. The molecule has 1 aromatic heterocycles. The lowest BCUT2D eigenvalue weighted by molar-refractivity contribution is -0.141. The molecule has 0 radical (unpaired) electrons. The molecule has 1 aliphatic rings. The Balaban J connectivity index is 2.13. The number of ether oxygens (including phenoxy) is 1. The maximum atomic E-state index is 12.0. The van der Waals surface area contributed by atoms with Gasteiger partial charge in [0.15, 0.2) is 4.80 Å². The number of carbonyl (C=O) groups is 2. The predicted octanol–water partition coefficient (Wildman–Crippen LogP) is 2.84. The molecule has 1 amide bonds. The monoisotopic (exact) mass is 332 g/mol. The summed E-state index contributed by atoms with van der Waals surface area (Å²) < 4.78 is 7.58. The Kier molecular flexibility index (Phi) is 4.35. The number of nitrogens with zero attached hydrogens (tertiary/aromatic N) is 2. The van der Waals surface area contributed by atoms with Gasteiger partial charge >= 0.3 is 5.97 Å². The number of hydrogen-bond acceptors (Lipinski definition) is 4. The Hall–Kier alpha value is -1.95. The van der Waals surface area contributed by atoms with Crippen molar-refractivity contribution in [1.82, 2.24) is 4.57 Å². The molecule has 122 valence electrons. The maximum Gasteiger partial charge on any atom is 0.325 e. The van der Waals surface area contributed by atoms with Crippen molar-refractivity contribution in [2.45, 2.75) is 39.2 Å². The van der Waals surface area contributed by atoms with Crippen molar-refractivity contribution in [2.24, 2.45) is 10.9 Å². The molecule has 0 bridgehead atoms. The number of hydrogen-bond donors (Lipinski definition) is 0. The van der Waals surface area contributed by atoms with E-state index in [9.17, 15) is 9.59 Å². The molecule has 0 N–H and O–H groups in total. The highest BCUT2D eigenvalue weighted by atomic mass is 32.1. The third-order valence-corrected chi connectivity index (χ3v) is 5.06. The van der Waals surface area contributed by atoms with Gasteiger partial charge in [-0.05, 0) is 36.5 Å². The van der Waals surface area contributed by atoms with Gasteiger partial charge in [-0.3, -0.25) is 9.59 Å². The maximum absolute atomic E-state index is 12.0. The lowest BCUT2D eigenvalue weighted by Gasteiger charge is -2.06. The summed E-state index contributed by atoms with van der Waals surface area (Å²) in [5, 5.41) is 0. The fourth-order valence-electron chi connectivity index (χ4n) is 2.40. The number of benzene rings is 1. The molecule has 0 unspecified atom stereocenters. The number of methoxy groups -OCH3 is 1. The molecule has 6 heteroatoms. The molecule has 0 saturated heterocycles. The first-order chi connectivity index (χ1) is 11.0. The van der Waals surface area contributed by atoms with Gasteiger partial charge < -0.3 is 9.30 Å². The molecule has 0 spiro atoms. The van der Waals surface area contributed by atoms with Crippen LogP contribution in [0, 0.1) is 5.92 Å². The van der Waals surface area contributed by atoms with E-state index in [1.54, 1.807) is 4.57 Å². The van der Waals surface area contributed by atoms with Crippen LogP contribution in [0.4, 0.5) is 0 Å². The lowest BCUT2D eigenvalue weighted by atomic mass is 10.0. The number of esters is 1. The van der Waals surface area contributed by atoms with E-state index in [-0.39, 0.29) is 24.3 Å². The van der Waals surface area contributed by atoms with E-state index in [0.29, 0.717) is 10.7 Å². The van der Waals surface area contributed by atoms with Crippen LogP contribution in [0.5, 0.6) is 0 Å². The fourth-order valence-corrected chi connectivity index (χ4v) is 3.48. The van der Waals surface area contributed by atoms with Crippen molar-refractivity contribution < 1.29 is 14.3 Å². The van der Waals surface area contributed by atoms with Gasteiger partial charge in [0.25, 0.3) is 5.91 Å². The number of fused-ring (bicyclic) bond motifs is 1. The first-order valence-electron chi connectivity index (χ1n) is 7.78. The smallest absolute Gasteiger partial charge is 0.325 e.